The van der Waals surface area contributed by atoms with Crippen molar-refractivity contribution in [2.24, 2.45) is 0 Å². The molecule has 5 heteroatoms. The molecule has 19 heavy (non-hydrogen) atoms. The van der Waals surface area contributed by atoms with Gasteiger partial charge in [-0.25, -0.2) is 4.79 Å². The standard InChI is InChI=1S/C14H15NO3S/c1-10-7-8-19-13(10)9-18-12-5-3-11(4-6-12)15-14(16)17-2/h3-8H,9H2,1-2H3,(H,15,16). The molecule has 100 valence electrons. The van der Waals surface area contributed by atoms with Gasteiger partial charge < -0.3 is 9.47 Å². The normalized spacial score (nSPS) is 10.0. The number of hydrogen-bond acceptors (Lipinski definition) is 4. The van der Waals surface area contributed by atoms with Crippen LogP contribution in [0.1, 0.15) is 10.4 Å². The smallest absolute Gasteiger partial charge is 0.411 e. The Morgan fingerprint density at radius 2 is 2.00 bits per heavy atom. The third-order valence-electron chi connectivity index (χ3n) is 2.62. The minimum atomic E-state index is -0.483. The van der Waals surface area contributed by atoms with Crippen molar-refractivity contribution in [1.29, 1.82) is 0 Å². The summed E-state index contributed by atoms with van der Waals surface area (Å²) < 4.78 is 10.2. The number of carbonyl (C=O) groups excluding carboxylic acids is 1. The van der Waals surface area contributed by atoms with Crippen LogP contribution in [0.15, 0.2) is 35.7 Å². The molecule has 0 unspecified atom stereocenters. The van der Waals surface area contributed by atoms with Gasteiger partial charge in [0.25, 0.3) is 0 Å². The van der Waals surface area contributed by atoms with Crippen LogP contribution in [0.2, 0.25) is 0 Å². The number of hydrogen-bond donors (Lipinski definition) is 1. The number of nitrogens with one attached hydrogen (secondary N) is 1. The van der Waals surface area contributed by atoms with Crippen LogP contribution in [0.4, 0.5) is 10.5 Å². The third kappa shape index (κ3) is 3.72. The number of thiophene rings is 1. The SMILES string of the molecule is COC(=O)Nc1ccc(OCc2sccc2C)cc1. The molecule has 0 atom stereocenters. The van der Waals surface area contributed by atoms with Gasteiger partial charge in [0.2, 0.25) is 0 Å². The molecule has 4 nitrogen and oxygen atoms in total. The van der Waals surface area contributed by atoms with E-state index in [1.54, 1.807) is 23.5 Å². The highest BCUT2D eigenvalue weighted by Crippen LogP contribution is 2.20. The molecule has 1 heterocycles. The van der Waals surface area contributed by atoms with E-state index in [-0.39, 0.29) is 0 Å². The number of ether oxygens (including phenoxy) is 2. The van der Waals surface area contributed by atoms with E-state index in [0.29, 0.717) is 12.3 Å². The highest BCUT2D eigenvalue weighted by molar-refractivity contribution is 7.10. The molecule has 0 spiro atoms. The van der Waals surface area contributed by atoms with Gasteiger partial charge in [0, 0.05) is 10.6 Å². The lowest BCUT2D eigenvalue weighted by Crippen LogP contribution is -2.10. The fraction of sp³-hybridized carbons (Fsp3) is 0.214. The number of benzene rings is 1. The van der Waals surface area contributed by atoms with Crippen LogP contribution < -0.4 is 10.1 Å². The van der Waals surface area contributed by atoms with Crippen molar-refractivity contribution >= 4 is 23.1 Å². The lowest BCUT2D eigenvalue weighted by Gasteiger charge is -2.07. The van der Waals surface area contributed by atoms with Crippen LogP contribution in [-0.4, -0.2) is 13.2 Å². The Morgan fingerprint density at radius 3 is 2.58 bits per heavy atom. The van der Waals surface area contributed by atoms with Gasteiger partial charge in [0.15, 0.2) is 0 Å². The summed E-state index contributed by atoms with van der Waals surface area (Å²) in [6.07, 6.45) is -0.483. The Kier molecular flexibility index (Phi) is 4.41. The van der Waals surface area contributed by atoms with Gasteiger partial charge in [-0.1, -0.05) is 0 Å². The molecular formula is C14H15NO3S. The van der Waals surface area contributed by atoms with Crippen molar-refractivity contribution < 1.29 is 14.3 Å². The van der Waals surface area contributed by atoms with Crippen LogP contribution in [0.5, 0.6) is 5.75 Å². The number of methoxy groups -OCH3 is 1. The highest BCUT2D eigenvalue weighted by atomic mass is 32.1. The van der Waals surface area contributed by atoms with E-state index in [0.717, 1.165) is 5.75 Å². The van der Waals surface area contributed by atoms with Crippen LogP contribution in [0, 0.1) is 6.92 Å². The molecule has 0 aliphatic rings. The summed E-state index contributed by atoms with van der Waals surface area (Å²) in [4.78, 5) is 12.2. The zero-order valence-corrected chi connectivity index (χ0v) is 11.6. The molecule has 2 rings (SSSR count). The van der Waals surface area contributed by atoms with E-state index in [4.69, 9.17) is 4.74 Å². The number of amides is 1. The lowest BCUT2D eigenvalue weighted by molar-refractivity contribution is 0.187. The summed E-state index contributed by atoms with van der Waals surface area (Å²) in [5.41, 5.74) is 1.92. The molecule has 2 aromatic rings. The Balaban J connectivity index is 1.92. The summed E-state index contributed by atoms with van der Waals surface area (Å²) >= 11 is 1.68. The van der Waals surface area contributed by atoms with Crippen molar-refractivity contribution in [3.05, 3.63) is 46.2 Å². The Labute approximate surface area is 116 Å². The minimum Gasteiger partial charge on any atom is -0.488 e. The third-order valence-corrected chi connectivity index (χ3v) is 3.62. The van der Waals surface area contributed by atoms with Gasteiger partial charge in [0.1, 0.15) is 12.4 Å². The van der Waals surface area contributed by atoms with Crippen molar-refractivity contribution in [3.63, 3.8) is 0 Å². The average molecular weight is 277 g/mol. The van der Waals surface area contributed by atoms with Crippen molar-refractivity contribution in [1.82, 2.24) is 0 Å². The fourth-order valence-corrected chi connectivity index (χ4v) is 2.32. The van der Waals surface area contributed by atoms with Crippen molar-refractivity contribution in [2.75, 3.05) is 12.4 Å². The molecule has 0 saturated carbocycles. The number of aryl methyl sites for hydroxylation is 1. The summed E-state index contributed by atoms with van der Waals surface area (Å²) in [7, 11) is 1.33. The quantitative estimate of drug-likeness (QED) is 0.924. The first kappa shape index (κ1) is 13.4. The minimum absolute atomic E-state index is 0.483. The second-order valence-corrected chi connectivity index (χ2v) is 4.96. The molecule has 0 saturated heterocycles. The van der Waals surface area contributed by atoms with Crippen molar-refractivity contribution in [2.45, 2.75) is 13.5 Å². The molecule has 0 fully saturated rings. The van der Waals surface area contributed by atoms with Crippen LogP contribution >= 0.6 is 11.3 Å². The first-order valence-electron chi connectivity index (χ1n) is 5.80. The Morgan fingerprint density at radius 1 is 1.26 bits per heavy atom. The predicted octanol–water partition coefficient (Wildman–Crippen LogP) is 3.81. The monoisotopic (exact) mass is 277 g/mol. The highest BCUT2D eigenvalue weighted by Gasteiger charge is 2.03. The van der Waals surface area contributed by atoms with E-state index < -0.39 is 6.09 Å². The van der Waals surface area contributed by atoms with Gasteiger partial charge in [-0.05, 0) is 48.2 Å². The maximum atomic E-state index is 11.0. The second-order valence-electron chi connectivity index (χ2n) is 3.96. The summed E-state index contributed by atoms with van der Waals surface area (Å²) in [6.45, 7) is 2.63. The molecule has 0 aliphatic heterocycles. The first-order valence-corrected chi connectivity index (χ1v) is 6.68. The number of rotatable bonds is 4. The molecule has 1 aromatic carbocycles. The van der Waals surface area contributed by atoms with E-state index in [9.17, 15) is 4.79 Å². The second kappa shape index (κ2) is 6.24. The average Bonchev–Trinajstić information content (AvgIpc) is 2.83. The predicted molar refractivity (Wildman–Crippen MR) is 75.9 cm³/mol. The number of carbonyl (C=O) groups is 1. The van der Waals surface area contributed by atoms with Gasteiger partial charge in [-0.2, -0.15) is 0 Å². The summed E-state index contributed by atoms with van der Waals surface area (Å²) in [5.74, 6) is 0.767. The van der Waals surface area contributed by atoms with Crippen LogP contribution in [0.25, 0.3) is 0 Å². The zero-order valence-electron chi connectivity index (χ0n) is 10.8. The van der Waals surface area contributed by atoms with Gasteiger partial charge in [0.05, 0.1) is 7.11 Å². The van der Waals surface area contributed by atoms with Gasteiger partial charge >= 0.3 is 6.09 Å². The first-order chi connectivity index (χ1) is 9.19. The molecule has 0 radical (unpaired) electrons. The molecule has 0 bridgehead atoms. The van der Waals surface area contributed by atoms with E-state index >= 15 is 0 Å². The van der Waals surface area contributed by atoms with Crippen molar-refractivity contribution in [3.8, 4) is 5.75 Å². The zero-order chi connectivity index (χ0) is 13.7. The Bertz CT molecular complexity index is 548. The number of anilines is 1. The summed E-state index contributed by atoms with van der Waals surface area (Å²) in [5, 5.41) is 4.64. The molecule has 1 amide bonds. The van der Waals surface area contributed by atoms with Gasteiger partial charge in [-0.3, -0.25) is 5.32 Å². The van der Waals surface area contributed by atoms with E-state index in [1.807, 2.05) is 12.1 Å². The molecular weight excluding hydrogens is 262 g/mol. The molecule has 0 aliphatic carbocycles. The fourth-order valence-electron chi connectivity index (χ4n) is 1.50. The largest absolute Gasteiger partial charge is 0.488 e. The topological polar surface area (TPSA) is 47.6 Å². The maximum Gasteiger partial charge on any atom is 0.411 e. The summed E-state index contributed by atoms with van der Waals surface area (Å²) in [6, 6.07) is 9.25. The molecule has 1 N–H and O–H groups in total. The van der Waals surface area contributed by atoms with Gasteiger partial charge in [-0.15, -0.1) is 11.3 Å². The molecule has 1 aromatic heterocycles. The maximum absolute atomic E-state index is 11.0. The lowest BCUT2D eigenvalue weighted by atomic mass is 10.3. The van der Waals surface area contributed by atoms with E-state index in [2.05, 4.69) is 28.4 Å². The van der Waals surface area contributed by atoms with Crippen LogP contribution in [0.3, 0.4) is 0 Å². The van der Waals surface area contributed by atoms with Crippen LogP contribution in [-0.2, 0) is 11.3 Å². The Hall–Kier alpha value is -2.01. The van der Waals surface area contributed by atoms with E-state index in [1.165, 1.54) is 17.6 Å².